The van der Waals surface area contributed by atoms with Crippen LogP contribution in [0.4, 0.5) is 0 Å². The van der Waals surface area contributed by atoms with E-state index >= 15 is 0 Å². The van der Waals surface area contributed by atoms with Gasteiger partial charge in [-0.2, -0.15) is 0 Å². The fraction of sp³-hybridized carbons (Fsp3) is 0.764. The van der Waals surface area contributed by atoms with Crippen molar-refractivity contribution in [3.05, 3.63) is 72.9 Å². The maximum absolute atomic E-state index is 12.4. The topological polar surface area (TPSA) is 69.6 Å². The summed E-state index contributed by atoms with van der Waals surface area (Å²) in [4.78, 5) is 12.4. The van der Waals surface area contributed by atoms with Crippen LogP contribution < -0.4 is 5.32 Å². The van der Waals surface area contributed by atoms with Crippen LogP contribution >= 0.6 is 0 Å². The van der Waals surface area contributed by atoms with Crippen LogP contribution in [0.2, 0.25) is 0 Å². The van der Waals surface area contributed by atoms with E-state index in [-0.39, 0.29) is 12.5 Å². The molecule has 0 aromatic heterocycles. The van der Waals surface area contributed by atoms with Crippen molar-refractivity contribution in [1.29, 1.82) is 0 Å². The zero-order chi connectivity index (χ0) is 42.8. The fourth-order valence-electron chi connectivity index (χ4n) is 7.56. The van der Waals surface area contributed by atoms with Gasteiger partial charge in [-0.15, -0.1) is 0 Å². The zero-order valence-corrected chi connectivity index (χ0v) is 39.3. The molecular formula is C55H99NO3. The number of unbranched alkanes of at least 4 members (excludes halogenated alkanes) is 29. The summed E-state index contributed by atoms with van der Waals surface area (Å²) in [6, 6.07) is -0.633. The highest BCUT2D eigenvalue weighted by Crippen LogP contribution is 2.16. The van der Waals surface area contributed by atoms with Gasteiger partial charge in [-0.1, -0.05) is 254 Å². The number of allylic oxidation sites excluding steroid dienone is 11. The molecule has 0 saturated heterocycles. The first-order valence-corrected chi connectivity index (χ1v) is 25.7. The second-order valence-corrected chi connectivity index (χ2v) is 17.2. The molecule has 0 bridgehead atoms. The smallest absolute Gasteiger partial charge is 0.220 e. The molecule has 0 aromatic carbocycles. The Morgan fingerprint density at radius 1 is 0.424 bits per heavy atom. The van der Waals surface area contributed by atoms with Gasteiger partial charge in [-0.05, 0) is 64.2 Å². The number of carbonyl (C=O) groups excluding carboxylic acids is 1. The summed E-state index contributed by atoms with van der Waals surface area (Å²) in [5.41, 5.74) is 0. The quantitative estimate of drug-likeness (QED) is 0.0423. The molecule has 0 aliphatic heterocycles. The number of rotatable bonds is 46. The van der Waals surface area contributed by atoms with Crippen LogP contribution in [0.3, 0.4) is 0 Å². The fourth-order valence-corrected chi connectivity index (χ4v) is 7.56. The third kappa shape index (κ3) is 46.7. The normalized spacial score (nSPS) is 13.5. The molecule has 0 aliphatic carbocycles. The van der Waals surface area contributed by atoms with Crippen molar-refractivity contribution in [1.82, 2.24) is 5.32 Å². The van der Waals surface area contributed by atoms with E-state index in [2.05, 4.69) is 79.9 Å². The summed E-state index contributed by atoms with van der Waals surface area (Å²) in [5, 5.41) is 23.1. The summed E-state index contributed by atoms with van der Waals surface area (Å²) in [6.07, 6.45) is 71.8. The number of aliphatic hydroxyl groups is 2. The summed E-state index contributed by atoms with van der Waals surface area (Å²) < 4.78 is 0. The Balaban J connectivity index is 3.57. The molecular weight excluding hydrogens is 723 g/mol. The highest BCUT2D eigenvalue weighted by atomic mass is 16.3. The lowest BCUT2D eigenvalue weighted by molar-refractivity contribution is -0.123. The molecule has 0 aromatic rings. The Labute approximate surface area is 368 Å². The van der Waals surface area contributed by atoms with E-state index in [1.807, 2.05) is 6.08 Å². The van der Waals surface area contributed by atoms with Gasteiger partial charge in [0.2, 0.25) is 5.91 Å². The first-order chi connectivity index (χ1) is 29.2. The molecule has 59 heavy (non-hydrogen) atoms. The van der Waals surface area contributed by atoms with Gasteiger partial charge in [-0.3, -0.25) is 4.79 Å². The van der Waals surface area contributed by atoms with Crippen molar-refractivity contribution in [3.8, 4) is 0 Å². The molecule has 1 amide bonds. The lowest BCUT2D eigenvalue weighted by Gasteiger charge is -2.20. The molecule has 0 heterocycles. The molecule has 342 valence electrons. The van der Waals surface area contributed by atoms with Crippen LogP contribution in [0.1, 0.15) is 251 Å². The number of carbonyl (C=O) groups is 1. The SMILES string of the molecule is CC/C=C\C/C=C\C/C=C\C/C=C\C/C=C\CCCCCCCCCC(=O)NC(CO)C(O)/C=C/CCCCCCCCCCCCCCCCCCCCCCCC. The molecule has 2 atom stereocenters. The van der Waals surface area contributed by atoms with E-state index in [4.69, 9.17) is 0 Å². The van der Waals surface area contributed by atoms with E-state index < -0.39 is 12.1 Å². The van der Waals surface area contributed by atoms with Gasteiger partial charge in [0.25, 0.3) is 0 Å². The Kier molecular flexibility index (Phi) is 48.3. The Morgan fingerprint density at radius 2 is 0.746 bits per heavy atom. The van der Waals surface area contributed by atoms with Crippen molar-refractivity contribution in [2.75, 3.05) is 6.61 Å². The van der Waals surface area contributed by atoms with Gasteiger partial charge >= 0.3 is 0 Å². The second-order valence-electron chi connectivity index (χ2n) is 17.2. The van der Waals surface area contributed by atoms with Crippen LogP contribution in [0.15, 0.2) is 72.9 Å². The predicted molar refractivity (Wildman–Crippen MR) is 262 cm³/mol. The van der Waals surface area contributed by atoms with Gasteiger partial charge < -0.3 is 15.5 Å². The average Bonchev–Trinajstić information content (AvgIpc) is 3.24. The third-order valence-corrected chi connectivity index (χ3v) is 11.4. The molecule has 4 nitrogen and oxygen atoms in total. The number of aliphatic hydroxyl groups excluding tert-OH is 2. The van der Waals surface area contributed by atoms with E-state index in [1.54, 1.807) is 6.08 Å². The number of amides is 1. The van der Waals surface area contributed by atoms with Crippen LogP contribution in [0.25, 0.3) is 0 Å². The Hall–Kier alpha value is -2.17. The lowest BCUT2D eigenvalue weighted by atomic mass is 10.0. The maximum atomic E-state index is 12.4. The predicted octanol–water partition coefficient (Wildman–Crippen LogP) is 16.6. The van der Waals surface area contributed by atoms with Gasteiger partial charge in [0.1, 0.15) is 0 Å². The van der Waals surface area contributed by atoms with Crippen molar-refractivity contribution in [3.63, 3.8) is 0 Å². The molecule has 0 fully saturated rings. The van der Waals surface area contributed by atoms with Crippen LogP contribution in [-0.2, 0) is 4.79 Å². The highest BCUT2D eigenvalue weighted by molar-refractivity contribution is 5.76. The minimum atomic E-state index is -0.849. The van der Waals surface area contributed by atoms with Crippen LogP contribution in [0, 0.1) is 0 Å². The van der Waals surface area contributed by atoms with Gasteiger partial charge in [0, 0.05) is 6.42 Å². The largest absolute Gasteiger partial charge is 0.394 e. The summed E-state index contributed by atoms with van der Waals surface area (Å²) in [6.45, 7) is 4.20. The molecule has 4 heteroatoms. The number of hydrogen-bond donors (Lipinski definition) is 3. The monoisotopic (exact) mass is 822 g/mol. The molecule has 0 aliphatic rings. The molecule has 0 spiro atoms. The van der Waals surface area contributed by atoms with Crippen molar-refractivity contribution >= 4 is 5.91 Å². The lowest BCUT2D eigenvalue weighted by Crippen LogP contribution is -2.45. The molecule has 0 rings (SSSR count). The summed E-state index contributed by atoms with van der Waals surface area (Å²) in [7, 11) is 0. The van der Waals surface area contributed by atoms with Crippen molar-refractivity contribution < 1.29 is 15.0 Å². The summed E-state index contributed by atoms with van der Waals surface area (Å²) in [5.74, 6) is -0.0758. The average molecular weight is 822 g/mol. The second kappa shape index (κ2) is 50.2. The van der Waals surface area contributed by atoms with Gasteiger partial charge in [0.05, 0.1) is 18.8 Å². The minimum Gasteiger partial charge on any atom is -0.394 e. The molecule has 0 saturated carbocycles. The first kappa shape index (κ1) is 56.8. The Bertz CT molecular complexity index is 1020. The van der Waals surface area contributed by atoms with Crippen molar-refractivity contribution in [2.45, 2.75) is 264 Å². The molecule has 3 N–H and O–H groups in total. The van der Waals surface area contributed by atoms with Gasteiger partial charge in [0.15, 0.2) is 0 Å². The standard InChI is InChI=1S/C55H99NO3/c1-3-5-7-9-11-13-15-17-19-21-23-25-27-29-30-32-34-36-38-40-42-44-46-48-50-54(58)53(52-57)56-55(59)51-49-47-45-43-41-39-37-35-33-31-28-26-24-22-20-18-16-14-12-10-8-6-4-2/h6,8,12,14,18,20,24,26,31,33,48,50,53-54,57-58H,3-5,7,9-11,13,15-17,19,21-23,25,27-30,32,34-47,49,51-52H2,1-2H3,(H,56,59)/b8-6-,14-12-,20-18-,26-24-,33-31-,50-48+. The minimum absolute atomic E-state index is 0.0758. The first-order valence-electron chi connectivity index (χ1n) is 25.7. The Morgan fingerprint density at radius 3 is 1.12 bits per heavy atom. The summed E-state index contributed by atoms with van der Waals surface area (Å²) >= 11 is 0. The van der Waals surface area contributed by atoms with Crippen LogP contribution in [0.5, 0.6) is 0 Å². The van der Waals surface area contributed by atoms with Gasteiger partial charge in [-0.25, -0.2) is 0 Å². The van der Waals surface area contributed by atoms with E-state index in [9.17, 15) is 15.0 Å². The van der Waals surface area contributed by atoms with E-state index in [0.717, 1.165) is 70.6 Å². The van der Waals surface area contributed by atoms with Crippen molar-refractivity contribution in [2.24, 2.45) is 0 Å². The van der Waals surface area contributed by atoms with E-state index in [1.165, 1.54) is 161 Å². The third-order valence-electron chi connectivity index (χ3n) is 11.4. The molecule has 0 radical (unpaired) electrons. The molecule has 2 unspecified atom stereocenters. The number of hydrogen-bond acceptors (Lipinski definition) is 3. The van der Waals surface area contributed by atoms with Crippen LogP contribution in [-0.4, -0.2) is 34.9 Å². The highest BCUT2D eigenvalue weighted by Gasteiger charge is 2.18. The van der Waals surface area contributed by atoms with E-state index in [0.29, 0.717) is 6.42 Å². The maximum Gasteiger partial charge on any atom is 0.220 e. The number of nitrogens with one attached hydrogen (secondary N) is 1. The zero-order valence-electron chi connectivity index (χ0n) is 39.3.